The fraction of sp³-hybridized carbons (Fsp3) is 0.600. The van der Waals surface area contributed by atoms with Crippen molar-refractivity contribution >= 4 is 23.8 Å². The third-order valence-electron chi connectivity index (χ3n) is 5.50. The van der Waals surface area contributed by atoms with Crippen LogP contribution >= 0.6 is 0 Å². The molecule has 0 radical (unpaired) electrons. The first kappa shape index (κ1) is 28.1. The molecule has 1 aromatic rings. The Morgan fingerprint density at radius 1 is 0.697 bits per heavy atom. The lowest BCUT2D eigenvalue weighted by molar-refractivity contribution is -0.140. The Bertz CT molecular complexity index is 746. The minimum absolute atomic E-state index is 0.162. The fourth-order valence-electron chi connectivity index (χ4n) is 3.59. The van der Waals surface area contributed by atoms with Crippen LogP contribution in [-0.2, 0) is 9.59 Å². The van der Waals surface area contributed by atoms with Crippen molar-refractivity contribution < 1.29 is 29.4 Å². The Morgan fingerprint density at radius 2 is 1.09 bits per heavy atom. The maximum Gasteiger partial charge on any atom is 0.326 e. The highest BCUT2D eigenvalue weighted by molar-refractivity contribution is 6.01. The van der Waals surface area contributed by atoms with Crippen molar-refractivity contribution in [2.24, 2.45) is 0 Å². The van der Waals surface area contributed by atoms with Gasteiger partial charge in [0.25, 0.3) is 11.8 Å². The quantitative estimate of drug-likeness (QED) is 0.271. The molecule has 8 heteroatoms. The number of carbonyl (C=O) groups is 4. The van der Waals surface area contributed by atoms with Crippen LogP contribution in [0, 0.1) is 6.92 Å². The highest BCUT2D eigenvalue weighted by Gasteiger charge is 2.23. The molecule has 1 rings (SSSR count). The summed E-state index contributed by atoms with van der Waals surface area (Å²) in [4.78, 5) is 48.5. The second-order valence-corrected chi connectivity index (χ2v) is 8.51. The van der Waals surface area contributed by atoms with E-state index in [-0.39, 0.29) is 11.1 Å². The predicted octanol–water partition coefficient (Wildman–Crippen LogP) is 4.30. The van der Waals surface area contributed by atoms with Gasteiger partial charge in [-0.15, -0.1) is 0 Å². The van der Waals surface area contributed by atoms with E-state index in [2.05, 4.69) is 24.5 Å². The molecule has 0 saturated heterocycles. The van der Waals surface area contributed by atoms with Gasteiger partial charge in [-0.05, 0) is 43.5 Å². The number of carbonyl (C=O) groups excluding carboxylic acids is 2. The van der Waals surface area contributed by atoms with Gasteiger partial charge in [-0.25, -0.2) is 9.59 Å². The molecular formula is C25H38N2O6. The number of hydrogen-bond acceptors (Lipinski definition) is 4. The van der Waals surface area contributed by atoms with Crippen molar-refractivity contribution in [3.63, 3.8) is 0 Å². The molecular weight excluding hydrogens is 424 g/mol. The van der Waals surface area contributed by atoms with E-state index in [0.717, 1.165) is 38.5 Å². The molecule has 0 aromatic heterocycles. The van der Waals surface area contributed by atoms with Gasteiger partial charge in [0.2, 0.25) is 0 Å². The van der Waals surface area contributed by atoms with Gasteiger partial charge in [-0.3, -0.25) is 9.59 Å². The number of rotatable bonds is 16. The molecule has 2 atom stereocenters. The molecule has 0 saturated carbocycles. The number of aryl methyl sites for hydroxylation is 1. The standard InChI is InChI=1S/C25H38N2O6/c1-4-6-8-10-12-20(24(30)31)26-22(28)18-14-17(3)15-19(16-18)23(29)27-21(25(32)33)13-11-9-7-5-2/h14-16,20-21H,4-13H2,1-3H3,(H,26,28)(H,27,29)(H,30,31)(H,32,33). The summed E-state index contributed by atoms with van der Waals surface area (Å²) >= 11 is 0. The van der Waals surface area contributed by atoms with Crippen LogP contribution in [0.25, 0.3) is 0 Å². The van der Waals surface area contributed by atoms with Crippen molar-refractivity contribution in [1.29, 1.82) is 0 Å². The van der Waals surface area contributed by atoms with Crippen LogP contribution in [0.5, 0.6) is 0 Å². The van der Waals surface area contributed by atoms with Gasteiger partial charge in [-0.1, -0.05) is 65.2 Å². The molecule has 1 aromatic carbocycles. The van der Waals surface area contributed by atoms with E-state index >= 15 is 0 Å². The first-order valence-electron chi connectivity index (χ1n) is 11.9. The van der Waals surface area contributed by atoms with Crippen LogP contribution in [0.3, 0.4) is 0 Å². The normalized spacial score (nSPS) is 12.6. The Hall–Kier alpha value is -2.90. The zero-order valence-electron chi connectivity index (χ0n) is 20.0. The topological polar surface area (TPSA) is 133 Å². The van der Waals surface area contributed by atoms with Gasteiger partial charge < -0.3 is 20.8 Å². The molecule has 0 aliphatic carbocycles. The minimum Gasteiger partial charge on any atom is -0.480 e. The van der Waals surface area contributed by atoms with Crippen molar-refractivity contribution in [1.82, 2.24) is 10.6 Å². The highest BCUT2D eigenvalue weighted by Crippen LogP contribution is 2.13. The first-order valence-corrected chi connectivity index (χ1v) is 11.9. The Morgan fingerprint density at radius 3 is 1.42 bits per heavy atom. The van der Waals surface area contributed by atoms with Crippen LogP contribution in [0.4, 0.5) is 0 Å². The van der Waals surface area contributed by atoms with Gasteiger partial charge in [0, 0.05) is 11.1 Å². The molecule has 2 unspecified atom stereocenters. The van der Waals surface area contributed by atoms with Gasteiger partial charge in [0.05, 0.1) is 0 Å². The van der Waals surface area contributed by atoms with Crippen LogP contribution in [-0.4, -0.2) is 46.0 Å². The van der Waals surface area contributed by atoms with Crippen molar-refractivity contribution in [2.75, 3.05) is 0 Å². The maximum absolute atomic E-state index is 12.7. The second-order valence-electron chi connectivity index (χ2n) is 8.51. The number of benzene rings is 1. The highest BCUT2D eigenvalue weighted by atomic mass is 16.4. The zero-order chi connectivity index (χ0) is 24.8. The average Bonchev–Trinajstić information content (AvgIpc) is 2.76. The van der Waals surface area contributed by atoms with Crippen LogP contribution in [0.2, 0.25) is 0 Å². The number of unbranched alkanes of at least 4 members (excludes halogenated alkanes) is 6. The summed E-state index contributed by atoms with van der Waals surface area (Å²) in [5, 5.41) is 24.0. The molecule has 0 bridgehead atoms. The molecule has 0 heterocycles. The Labute approximate surface area is 196 Å². The van der Waals surface area contributed by atoms with Crippen molar-refractivity contribution in [3.05, 3.63) is 34.9 Å². The van der Waals surface area contributed by atoms with Crippen molar-refractivity contribution in [2.45, 2.75) is 97.1 Å². The Balaban J connectivity index is 2.87. The van der Waals surface area contributed by atoms with E-state index in [0.29, 0.717) is 31.2 Å². The largest absolute Gasteiger partial charge is 0.480 e. The van der Waals surface area contributed by atoms with E-state index in [1.165, 1.54) is 6.07 Å². The maximum atomic E-state index is 12.7. The number of carboxylic acids is 2. The molecule has 4 N–H and O–H groups in total. The van der Waals surface area contributed by atoms with E-state index in [1.807, 2.05) is 0 Å². The predicted molar refractivity (Wildman–Crippen MR) is 126 cm³/mol. The average molecular weight is 463 g/mol. The van der Waals surface area contributed by atoms with Gasteiger partial charge in [0.15, 0.2) is 0 Å². The van der Waals surface area contributed by atoms with E-state index in [9.17, 15) is 29.4 Å². The molecule has 0 aliphatic rings. The smallest absolute Gasteiger partial charge is 0.326 e. The molecule has 8 nitrogen and oxygen atoms in total. The fourth-order valence-corrected chi connectivity index (χ4v) is 3.59. The first-order chi connectivity index (χ1) is 15.7. The molecule has 33 heavy (non-hydrogen) atoms. The molecule has 0 aliphatic heterocycles. The molecule has 184 valence electrons. The van der Waals surface area contributed by atoms with Gasteiger partial charge in [-0.2, -0.15) is 0 Å². The van der Waals surface area contributed by atoms with Crippen LogP contribution in [0.1, 0.15) is 104 Å². The third-order valence-corrected chi connectivity index (χ3v) is 5.50. The third kappa shape index (κ3) is 10.5. The lowest BCUT2D eigenvalue weighted by Gasteiger charge is -2.17. The number of aliphatic carboxylic acids is 2. The Kier molecular flexibility index (Phi) is 12.8. The number of amides is 2. The summed E-state index contributed by atoms with van der Waals surface area (Å²) in [5.74, 6) is -3.36. The summed E-state index contributed by atoms with van der Waals surface area (Å²) < 4.78 is 0. The lowest BCUT2D eigenvalue weighted by atomic mass is 10.0. The van der Waals surface area contributed by atoms with Crippen molar-refractivity contribution in [3.8, 4) is 0 Å². The number of carboxylic acid groups (broad SMARTS) is 2. The van der Waals surface area contributed by atoms with E-state index in [4.69, 9.17) is 0 Å². The van der Waals surface area contributed by atoms with Gasteiger partial charge >= 0.3 is 11.9 Å². The molecule has 0 spiro atoms. The summed E-state index contributed by atoms with van der Waals surface area (Å²) in [5.41, 5.74) is 0.960. The van der Waals surface area contributed by atoms with Crippen LogP contribution < -0.4 is 10.6 Å². The number of hydrogen-bond donors (Lipinski definition) is 4. The second kappa shape index (κ2) is 15.0. The summed E-state index contributed by atoms with van der Waals surface area (Å²) in [6, 6.07) is 2.49. The lowest BCUT2D eigenvalue weighted by Crippen LogP contribution is -2.41. The monoisotopic (exact) mass is 462 g/mol. The molecule has 0 fully saturated rings. The zero-order valence-corrected chi connectivity index (χ0v) is 20.0. The minimum atomic E-state index is -1.10. The van der Waals surface area contributed by atoms with E-state index < -0.39 is 35.8 Å². The number of nitrogens with one attached hydrogen (secondary N) is 2. The van der Waals surface area contributed by atoms with Gasteiger partial charge in [0.1, 0.15) is 12.1 Å². The SMILES string of the molecule is CCCCCCC(NC(=O)c1cc(C)cc(C(=O)NC(CCCCCC)C(=O)O)c1)C(=O)O. The molecule has 2 amide bonds. The van der Waals surface area contributed by atoms with E-state index in [1.54, 1.807) is 19.1 Å². The summed E-state index contributed by atoms with van der Waals surface area (Å²) in [6.45, 7) is 5.84. The summed E-state index contributed by atoms with van der Waals surface area (Å²) in [6.07, 6.45) is 7.92. The van der Waals surface area contributed by atoms with Crippen LogP contribution in [0.15, 0.2) is 18.2 Å². The summed E-state index contributed by atoms with van der Waals surface area (Å²) in [7, 11) is 0.